The molecular formula is C12H11BN. The molecule has 2 heteroatoms. The maximum atomic E-state index is 8.94. The zero-order chi connectivity index (χ0) is 10.6. The Labute approximate surface area is 85.6 Å². The molecule has 0 heterocycles. The molecule has 0 aliphatic heterocycles. The van der Waals surface area contributed by atoms with Crippen LogP contribution in [0.1, 0.15) is 11.1 Å². The molecule has 0 unspecified atom stereocenters. The highest BCUT2D eigenvalue weighted by atomic mass is 14.2. The van der Waals surface area contributed by atoms with Gasteiger partial charge in [0.2, 0.25) is 0 Å². The Kier molecular flexibility index (Phi) is 3.31. The van der Waals surface area contributed by atoms with Gasteiger partial charge in [-0.05, 0) is 17.2 Å². The third kappa shape index (κ3) is 1.77. The van der Waals surface area contributed by atoms with Crippen molar-refractivity contribution in [2.45, 2.75) is 6.82 Å². The quantitative estimate of drug-likeness (QED) is 0.516. The molecule has 0 aliphatic carbocycles. The number of hydrogen-bond donors (Lipinski definition) is 0. The summed E-state index contributed by atoms with van der Waals surface area (Å²) >= 11 is 0. The number of allylic oxidation sites excluding steroid dienone is 2. The Morgan fingerprint density at radius 1 is 1.57 bits per heavy atom. The molecule has 14 heavy (non-hydrogen) atoms. The molecule has 0 saturated heterocycles. The highest BCUT2D eigenvalue weighted by Crippen LogP contribution is 2.15. The van der Waals surface area contributed by atoms with Gasteiger partial charge in [0.1, 0.15) is 7.28 Å². The number of hydrogen-bond acceptors (Lipinski definition) is 1. The van der Waals surface area contributed by atoms with Gasteiger partial charge < -0.3 is 0 Å². The van der Waals surface area contributed by atoms with Gasteiger partial charge in [0, 0.05) is 0 Å². The van der Waals surface area contributed by atoms with Crippen molar-refractivity contribution in [1.29, 1.82) is 5.26 Å². The van der Waals surface area contributed by atoms with Gasteiger partial charge in [-0.3, -0.25) is 0 Å². The summed E-state index contributed by atoms with van der Waals surface area (Å²) < 4.78 is 0. The lowest BCUT2D eigenvalue weighted by Gasteiger charge is -2.09. The zero-order valence-electron chi connectivity index (χ0n) is 8.25. The van der Waals surface area contributed by atoms with Crippen molar-refractivity contribution in [1.82, 2.24) is 0 Å². The molecule has 0 fully saturated rings. The van der Waals surface area contributed by atoms with E-state index in [1.165, 1.54) is 0 Å². The van der Waals surface area contributed by atoms with Crippen molar-refractivity contribution in [3.8, 4) is 6.07 Å². The Morgan fingerprint density at radius 2 is 2.29 bits per heavy atom. The summed E-state index contributed by atoms with van der Waals surface area (Å²) in [5.41, 5.74) is 3.34. The van der Waals surface area contributed by atoms with E-state index in [9.17, 15) is 0 Å². The van der Waals surface area contributed by atoms with E-state index in [0.29, 0.717) is 5.56 Å². The highest BCUT2D eigenvalue weighted by molar-refractivity contribution is 6.53. The van der Waals surface area contributed by atoms with E-state index >= 15 is 0 Å². The average Bonchev–Trinajstić information content (AvgIpc) is 2.26. The molecule has 0 N–H and O–H groups in total. The number of nitriles is 1. The number of rotatable bonds is 3. The van der Waals surface area contributed by atoms with Crippen LogP contribution >= 0.6 is 0 Å². The number of benzene rings is 1. The van der Waals surface area contributed by atoms with Crippen LogP contribution in [0.5, 0.6) is 0 Å². The highest BCUT2D eigenvalue weighted by Gasteiger charge is 2.07. The van der Waals surface area contributed by atoms with Crippen molar-refractivity contribution in [2.24, 2.45) is 0 Å². The van der Waals surface area contributed by atoms with Crippen LogP contribution in [-0.4, -0.2) is 7.28 Å². The molecule has 1 nitrogen and oxygen atoms in total. The van der Waals surface area contributed by atoms with Crippen molar-refractivity contribution in [3.63, 3.8) is 0 Å². The van der Waals surface area contributed by atoms with Gasteiger partial charge in [-0.15, -0.1) is 0 Å². The molecule has 67 valence electrons. The summed E-state index contributed by atoms with van der Waals surface area (Å²) in [4.78, 5) is 0. The Hall–Kier alpha value is -1.75. The first kappa shape index (κ1) is 10.3. The fourth-order valence-electron chi connectivity index (χ4n) is 1.36. The van der Waals surface area contributed by atoms with E-state index in [1.807, 2.05) is 26.2 Å². The smallest absolute Gasteiger partial charge is 0.149 e. The predicted molar refractivity (Wildman–Crippen MR) is 61.6 cm³/mol. The van der Waals surface area contributed by atoms with Crippen LogP contribution in [-0.2, 0) is 0 Å². The topological polar surface area (TPSA) is 23.8 Å². The van der Waals surface area contributed by atoms with Gasteiger partial charge in [-0.1, -0.05) is 43.7 Å². The van der Waals surface area contributed by atoms with Crippen LogP contribution in [0.3, 0.4) is 0 Å². The Bertz CT molecular complexity index is 413. The first-order valence-electron chi connectivity index (χ1n) is 4.38. The lowest BCUT2D eigenvalue weighted by atomic mass is 9.69. The summed E-state index contributed by atoms with van der Waals surface area (Å²) in [6.07, 6.45) is 1.67. The van der Waals surface area contributed by atoms with Gasteiger partial charge in [-0.25, -0.2) is 0 Å². The monoisotopic (exact) mass is 180 g/mol. The molecule has 1 radical (unpaired) electrons. The largest absolute Gasteiger partial charge is 0.192 e. The molecule has 0 spiro atoms. The van der Waals surface area contributed by atoms with Gasteiger partial charge >= 0.3 is 0 Å². The predicted octanol–water partition coefficient (Wildman–Crippen LogP) is 2.14. The minimum absolute atomic E-state index is 0.644. The van der Waals surface area contributed by atoms with Gasteiger partial charge in [0.05, 0.1) is 11.6 Å². The molecule has 0 saturated carbocycles. The van der Waals surface area contributed by atoms with E-state index in [-0.39, 0.29) is 0 Å². The molecule has 0 atom stereocenters. The fourth-order valence-corrected chi connectivity index (χ4v) is 1.36. The standard InChI is InChI=1S/C12H11BN/c1-4-9(2)12-10(8-14)6-5-7-11(12)13-3/h4-7H,1-2H2,3H3. The molecule has 0 amide bonds. The SMILES string of the molecule is C=CC(=C)c1c([B]C)cccc1C#N. The maximum absolute atomic E-state index is 8.94. The summed E-state index contributed by atoms with van der Waals surface area (Å²) in [6, 6.07) is 7.78. The van der Waals surface area contributed by atoms with Crippen LogP contribution in [0.2, 0.25) is 6.82 Å². The fraction of sp³-hybridized carbons (Fsp3) is 0.0833. The summed E-state index contributed by atoms with van der Waals surface area (Å²) in [6.45, 7) is 9.48. The molecule has 1 aromatic carbocycles. The van der Waals surface area contributed by atoms with E-state index in [0.717, 1.165) is 16.6 Å². The minimum Gasteiger partial charge on any atom is -0.192 e. The van der Waals surface area contributed by atoms with Crippen LogP contribution in [0.25, 0.3) is 5.57 Å². The van der Waals surface area contributed by atoms with Crippen LogP contribution in [0, 0.1) is 11.3 Å². The minimum atomic E-state index is 0.644. The molecule has 1 rings (SSSR count). The van der Waals surface area contributed by atoms with Gasteiger partial charge in [-0.2, -0.15) is 5.26 Å². The lowest BCUT2D eigenvalue weighted by Crippen LogP contribution is -2.17. The second-order valence-corrected chi connectivity index (χ2v) is 2.90. The second-order valence-electron chi connectivity index (χ2n) is 2.90. The van der Waals surface area contributed by atoms with E-state index in [4.69, 9.17) is 5.26 Å². The summed E-state index contributed by atoms with van der Waals surface area (Å²) in [5, 5.41) is 8.94. The van der Waals surface area contributed by atoms with Gasteiger partial charge in [0.15, 0.2) is 0 Å². The molecule has 0 bridgehead atoms. The zero-order valence-corrected chi connectivity index (χ0v) is 8.25. The second kappa shape index (κ2) is 4.48. The van der Waals surface area contributed by atoms with Crippen molar-refractivity contribution in [3.05, 3.63) is 48.6 Å². The lowest BCUT2D eigenvalue weighted by molar-refractivity contribution is 1.48. The van der Waals surface area contributed by atoms with Crippen LogP contribution in [0.4, 0.5) is 0 Å². The molecular weight excluding hydrogens is 169 g/mol. The van der Waals surface area contributed by atoms with Crippen LogP contribution < -0.4 is 5.46 Å². The van der Waals surface area contributed by atoms with E-state index in [1.54, 1.807) is 12.1 Å². The van der Waals surface area contributed by atoms with Crippen LogP contribution in [0.15, 0.2) is 37.4 Å². The van der Waals surface area contributed by atoms with Gasteiger partial charge in [0.25, 0.3) is 0 Å². The van der Waals surface area contributed by atoms with Crippen molar-refractivity contribution in [2.75, 3.05) is 0 Å². The third-order valence-corrected chi connectivity index (χ3v) is 2.10. The Morgan fingerprint density at radius 3 is 2.79 bits per heavy atom. The summed E-state index contributed by atoms with van der Waals surface area (Å²) in [7, 11) is 1.96. The molecule has 0 aromatic heterocycles. The molecule has 1 aromatic rings. The third-order valence-electron chi connectivity index (χ3n) is 2.10. The van der Waals surface area contributed by atoms with Crippen molar-refractivity contribution < 1.29 is 0 Å². The van der Waals surface area contributed by atoms with E-state index in [2.05, 4.69) is 19.2 Å². The number of nitrogens with zero attached hydrogens (tertiary/aromatic N) is 1. The van der Waals surface area contributed by atoms with Crippen molar-refractivity contribution >= 4 is 18.3 Å². The first-order valence-corrected chi connectivity index (χ1v) is 4.38. The summed E-state index contributed by atoms with van der Waals surface area (Å²) in [5.74, 6) is 0. The normalized spacial score (nSPS) is 8.86. The molecule has 0 aliphatic rings. The Balaban J connectivity index is 3.42. The first-order chi connectivity index (χ1) is 6.74. The maximum Gasteiger partial charge on any atom is 0.149 e. The average molecular weight is 180 g/mol. The van der Waals surface area contributed by atoms with E-state index < -0.39 is 0 Å².